The second-order valence-electron chi connectivity index (χ2n) is 6.83. The van der Waals surface area contributed by atoms with Gasteiger partial charge in [0.2, 0.25) is 5.91 Å². The molecular formula is C17H20FN7O3. The van der Waals surface area contributed by atoms with E-state index in [-0.39, 0.29) is 25.0 Å². The first-order chi connectivity index (χ1) is 13.5. The fourth-order valence-electron chi connectivity index (χ4n) is 3.51. The maximum atomic E-state index is 14.8. The minimum Gasteiger partial charge on any atom is -0.442 e. The predicted octanol–water partition coefficient (Wildman–Crippen LogP) is 0.725. The first-order valence-corrected chi connectivity index (χ1v) is 9.01. The standard InChI is InChI=1S/C17H20FN7O3/c1-11(26)19-7-14-9-24(17(27)28-14)12-2-3-16(15(18)6-12)23-5-4-13(8-23)25-21-10-20-22-25/h2-3,6,10,13-14H,4-5,7-9H2,1H3,(H,19,26)/t13-,14-/m0/s1. The molecule has 148 valence electrons. The molecule has 1 N–H and O–H groups in total. The summed E-state index contributed by atoms with van der Waals surface area (Å²) in [7, 11) is 0. The molecule has 2 amide bonds. The molecule has 0 aliphatic carbocycles. The number of hydrogen-bond acceptors (Lipinski definition) is 7. The molecule has 2 aromatic rings. The lowest BCUT2D eigenvalue weighted by molar-refractivity contribution is -0.119. The molecule has 4 rings (SSSR count). The topological polar surface area (TPSA) is 105 Å². The zero-order chi connectivity index (χ0) is 19.7. The van der Waals surface area contributed by atoms with E-state index in [9.17, 15) is 14.0 Å². The first-order valence-electron chi connectivity index (χ1n) is 9.01. The van der Waals surface area contributed by atoms with E-state index in [1.165, 1.54) is 24.2 Å². The molecular weight excluding hydrogens is 369 g/mol. The molecule has 10 nitrogen and oxygen atoms in total. The van der Waals surface area contributed by atoms with Gasteiger partial charge < -0.3 is 15.0 Å². The van der Waals surface area contributed by atoms with Crippen LogP contribution in [0.1, 0.15) is 19.4 Å². The fourth-order valence-corrected chi connectivity index (χ4v) is 3.51. The monoisotopic (exact) mass is 389 g/mol. The molecule has 28 heavy (non-hydrogen) atoms. The molecule has 2 atom stereocenters. The van der Waals surface area contributed by atoms with Crippen LogP contribution in [0, 0.1) is 5.82 Å². The number of nitrogens with one attached hydrogen (secondary N) is 1. The lowest BCUT2D eigenvalue weighted by Crippen LogP contribution is -2.33. The van der Waals surface area contributed by atoms with Gasteiger partial charge in [-0.25, -0.2) is 9.18 Å². The number of cyclic esters (lactones) is 1. The van der Waals surface area contributed by atoms with Gasteiger partial charge in [0.25, 0.3) is 0 Å². The van der Waals surface area contributed by atoms with E-state index in [0.717, 1.165) is 6.42 Å². The Balaban J connectivity index is 1.43. The van der Waals surface area contributed by atoms with Crippen molar-refractivity contribution in [2.24, 2.45) is 0 Å². The highest BCUT2D eigenvalue weighted by atomic mass is 19.1. The third kappa shape index (κ3) is 3.59. The summed E-state index contributed by atoms with van der Waals surface area (Å²) in [6.07, 6.45) is 1.15. The van der Waals surface area contributed by atoms with Crippen molar-refractivity contribution in [1.29, 1.82) is 0 Å². The summed E-state index contributed by atoms with van der Waals surface area (Å²) >= 11 is 0. The van der Waals surface area contributed by atoms with Crippen molar-refractivity contribution in [2.45, 2.75) is 25.5 Å². The third-order valence-electron chi connectivity index (χ3n) is 4.89. The van der Waals surface area contributed by atoms with Gasteiger partial charge in [-0.2, -0.15) is 4.80 Å². The van der Waals surface area contributed by atoms with Gasteiger partial charge in [-0.15, -0.1) is 10.2 Å². The molecule has 1 aromatic carbocycles. The minimum atomic E-state index is -0.555. The van der Waals surface area contributed by atoms with Crippen LogP contribution in [0.25, 0.3) is 0 Å². The van der Waals surface area contributed by atoms with Crippen LogP contribution in [0.15, 0.2) is 24.5 Å². The van der Waals surface area contributed by atoms with Crippen molar-refractivity contribution in [3.05, 3.63) is 30.3 Å². The average Bonchev–Trinajstić information content (AvgIpc) is 3.40. The third-order valence-corrected chi connectivity index (χ3v) is 4.89. The number of nitrogens with zero attached hydrogens (tertiary/aromatic N) is 6. The van der Waals surface area contributed by atoms with Crippen molar-refractivity contribution < 1.29 is 18.7 Å². The van der Waals surface area contributed by atoms with Gasteiger partial charge in [-0.3, -0.25) is 9.69 Å². The summed E-state index contributed by atoms with van der Waals surface area (Å²) in [5.74, 6) is -0.613. The minimum absolute atomic E-state index is 0.0460. The quantitative estimate of drug-likeness (QED) is 0.803. The Bertz CT molecular complexity index is 876. The van der Waals surface area contributed by atoms with Gasteiger partial charge in [-0.05, 0) is 29.8 Å². The SMILES string of the molecule is CC(=O)NC[C@H]1CN(c2ccc(N3CC[C@H](n4ncnn4)C3)c(F)c2)C(=O)O1. The molecule has 2 aliphatic heterocycles. The van der Waals surface area contributed by atoms with E-state index < -0.39 is 18.0 Å². The Hall–Kier alpha value is -3.24. The highest BCUT2D eigenvalue weighted by Crippen LogP contribution is 2.31. The van der Waals surface area contributed by atoms with E-state index in [1.54, 1.807) is 16.9 Å². The molecule has 1 aromatic heterocycles. The lowest BCUT2D eigenvalue weighted by atomic mass is 10.2. The van der Waals surface area contributed by atoms with Crippen molar-refractivity contribution in [1.82, 2.24) is 25.5 Å². The van der Waals surface area contributed by atoms with E-state index >= 15 is 0 Å². The predicted molar refractivity (Wildman–Crippen MR) is 96.4 cm³/mol. The van der Waals surface area contributed by atoms with Crippen LogP contribution < -0.4 is 15.1 Å². The van der Waals surface area contributed by atoms with E-state index in [0.29, 0.717) is 24.5 Å². The molecule has 0 unspecified atom stereocenters. The van der Waals surface area contributed by atoms with Gasteiger partial charge in [0.05, 0.1) is 30.5 Å². The molecule has 0 radical (unpaired) electrons. The van der Waals surface area contributed by atoms with Crippen molar-refractivity contribution in [2.75, 3.05) is 36.0 Å². The molecule has 3 heterocycles. The smallest absolute Gasteiger partial charge is 0.414 e. The summed E-state index contributed by atoms with van der Waals surface area (Å²) in [4.78, 5) is 27.9. The molecule has 0 bridgehead atoms. The molecule has 2 fully saturated rings. The van der Waals surface area contributed by atoms with E-state index in [2.05, 4.69) is 20.7 Å². The number of carbonyl (C=O) groups is 2. The molecule has 0 saturated carbocycles. The number of anilines is 2. The summed E-state index contributed by atoms with van der Waals surface area (Å²) in [5, 5.41) is 14.3. The molecule has 2 saturated heterocycles. The second kappa shape index (κ2) is 7.41. The number of benzene rings is 1. The Labute approximate surface area is 160 Å². The maximum Gasteiger partial charge on any atom is 0.414 e. The van der Waals surface area contributed by atoms with E-state index in [1.807, 2.05) is 4.90 Å². The van der Waals surface area contributed by atoms with Gasteiger partial charge in [0.15, 0.2) is 6.33 Å². The van der Waals surface area contributed by atoms with Gasteiger partial charge in [-0.1, -0.05) is 0 Å². The number of tetrazole rings is 1. The summed E-state index contributed by atoms with van der Waals surface area (Å²) in [5.41, 5.74) is 0.888. The highest BCUT2D eigenvalue weighted by Gasteiger charge is 2.33. The average molecular weight is 389 g/mol. The van der Waals surface area contributed by atoms with Crippen LogP contribution in [0.2, 0.25) is 0 Å². The highest BCUT2D eigenvalue weighted by molar-refractivity contribution is 5.90. The first kappa shape index (κ1) is 18.1. The summed E-state index contributed by atoms with van der Waals surface area (Å²) in [6, 6.07) is 4.74. The zero-order valence-corrected chi connectivity index (χ0v) is 15.3. The van der Waals surface area contributed by atoms with Gasteiger partial charge in [0.1, 0.15) is 11.9 Å². The van der Waals surface area contributed by atoms with Crippen LogP contribution in [0.5, 0.6) is 0 Å². The van der Waals surface area contributed by atoms with Crippen molar-refractivity contribution in [3.63, 3.8) is 0 Å². The van der Waals surface area contributed by atoms with Crippen LogP contribution in [0.3, 0.4) is 0 Å². The summed E-state index contributed by atoms with van der Waals surface area (Å²) in [6.45, 7) is 3.12. The zero-order valence-electron chi connectivity index (χ0n) is 15.3. The summed E-state index contributed by atoms with van der Waals surface area (Å²) < 4.78 is 20.0. The van der Waals surface area contributed by atoms with Crippen LogP contribution in [-0.2, 0) is 9.53 Å². The van der Waals surface area contributed by atoms with Gasteiger partial charge in [0, 0.05) is 20.0 Å². The largest absolute Gasteiger partial charge is 0.442 e. The molecule has 0 spiro atoms. The van der Waals surface area contributed by atoms with Crippen molar-refractivity contribution >= 4 is 23.4 Å². The van der Waals surface area contributed by atoms with Crippen LogP contribution in [0.4, 0.5) is 20.6 Å². The lowest BCUT2D eigenvalue weighted by Gasteiger charge is -2.21. The second-order valence-corrected chi connectivity index (χ2v) is 6.83. The Kier molecular flexibility index (Phi) is 4.80. The normalized spacial score (nSPS) is 21.9. The van der Waals surface area contributed by atoms with E-state index in [4.69, 9.17) is 4.74 Å². The Morgan fingerprint density at radius 2 is 2.25 bits per heavy atom. The van der Waals surface area contributed by atoms with Crippen molar-refractivity contribution in [3.8, 4) is 0 Å². The Morgan fingerprint density at radius 3 is 2.96 bits per heavy atom. The number of ether oxygens (including phenoxy) is 1. The van der Waals surface area contributed by atoms with Crippen LogP contribution >= 0.6 is 0 Å². The maximum absolute atomic E-state index is 14.8. The Morgan fingerprint density at radius 1 is 1.39 bits per heavy atom. The fraction of sp³-hybridized carbons (Fsp3) is 0.471. The number of halogens is 1. The number of rotatable bonds is 5. The van der Waals surface area contributed by atoms with Crippen LogP contribution in [-0.4, -0.2) is 64.5 Å². The molecule has 11 heteroatoms. The number of hydrogen-bond donors (Lipinski definition) is 1. The number of aromatic nitrogens is 4. The number of carbonyl (C=O) groups excluding carboxylic acids is 2. The van der Waals surface area contributed by atoms with Gasteiger partial charge >= 0.3 is 6.09 Å². The number of amides is 2. The molecule has 2 aliphatic rings.